The highest BCUT2D eigenvalue weighted by Crippen LogP contribution is 2.25. The fraction of sp³-hybridized carbons (Fsp3) is 0.259. The first-order valence-corrected chi connectivity index (χ1v) is 10.9. The molecule has 0 aliphatic rings. The lowest BCUT2D eigenvalue weighted by molar-refractivity contribution is -0.144. The second-order valence-corrected chi connectivity index (χ2v) is 8.09. The van der Waals surface area contributed by atoms with E-state index in [1.807, 2.05) is 74.5 Å². The van der Waals surface area contributed by atoms with Crippen molar-refractivity contribution >= 4 is 11.8 Å². The van der Waals surface area contributed by atoms with Crippen LogP contribution in [0, 0.1) is 11.7 Å². The van der Waals surface area contributed by atoms with Gasteiger partial charge in [0.1, 0.15) is 11.9 Å². The maximum absolute atomic E-state index is 13.4. The molecule has 0 bridgehead atoms. The van der Waals surface area contributed by atoms with Gasteiger partial charge < -0.3 is 10.2 Å². The summed E-state index contributed by atoms with van der Waals surface area (Å²) in [6, 6.07) is 24.5. The minimum absolute atomic E-state index is 0.138. The first-order chi connectivity index (χ1) is 15.5. The van der Waals surface area contributed by atoms with Crippen LogP contribution in [0.5, 0.6) is 0 Å². The Hall–Kier alpha value is -3.47. The van der Waals surface area contributed by atoms with Gasteiger partial charge in [-0.1, -0.05) is 86.6 Å². The predicted molar refractivity (Wildman–Crippen MR) is 124 cm³/mol. The third kappa shape index (κ3) is 6.27. The van der Waals surface area contributed by atoms with Crippen LogP contribution in [-0.4, -0.2) is 23.3 Å². The number of nitrogens with zero attached hydrogens (tertiary/aromatic N) is 1. The number of carbonyl (C=O) groups excluding carboxylic acids is 2. The van der Waals surface area contributed by atoms with E-state index in [-0.39, 0.29) is 30.1 Å². The molecule has 3 aromatic rings. The molecule has 0 heterocycles. The summed E-state index contributed by atoms with van der Waals surface area (Å²) in [6.07, 6.45) is 0.699. The molecule has 0 spiro atoms. The molecule has 0 aliphatic carbocycles. The smallest absolute Gasteiger partial charge is 0.247 e. The van der Waals surface area contributed by atoms with Gasteiger partial charge >= 0.3 is 0 Å². The van der Waals surface area contributed by atoms with Crippen LogP contribution in [0.3, 0.4) is 0 Å². The summed E-state index contributed by atoms with van der Waals surface area (Å²) in [6.45, 7) is 4.31. The maximum atomic E-state index is 13.4. The third-order valence-electron chi connectivity index (χ3n) is 5.27. The molecule has 3 rings (SSSR count). The Morgan fingerprint density at radius 1 is 0.844 bits per heavy atom. The largest absolute Gasteiger partial charge is 0.354 e. The molecule has 1 atom stereocenters. The van der Waals surface area contributed by atoms with Crippen molar-refractivity contribution in [2.75, 3.05) is 6.54 Å². The SMILES string of the molecule is CC(C)C(=O)N(Cc1ccc(F)cc1)[C@H](C(=O)NCCc1ccccc1)c1ccccc1. The van der Waals surface area contributed by atoms with E-state index in [1.54, 1.807) is 17.0 Å². The van der Waals surface area contributed by atoms with E-state index in [0.717, 1.165) is 16.7 Å². The summed E-state index contributed by atoms with van der Waals surface area (Å²) in [5.74, 6) is -1.00. The van der Waals surface area contributed by atoms with Crippen molar-refractivity contribution in [2.45, 2.75) is 32.9 Å². The van der Waals surface area contributed by atoms with Crippen LogP contribution >= 0.6 is 0 Å². The molecule has 0 saturated carbocycles. The van der Waals surface area contributed by atoms with Crippen molar-refractivity contribution in [3.63, 3.8) is 0 Å². The van der Waals surface area contributed by atoms with Gasteiger partial charge in [0, 0.05) is 19.0 Å². The Labute approximate surface area is 189 Å². The summed E-state index contributed by atoms with van der Waals surface area (Å²) >= 11 is 0. The lowest BCUT2D eigenvalue weighted by atomic mass is 10.0. The lowest BCUT2D eigenvalue weighted by Gasteiger charge is -2.33. The Kier molecular flexibility index (Phi) is 8.14. The molecule has 2 amide bonds. The van der Waals surface area contributed by atoms with Crippen molar-refractivity contribution < 1.29 is 14.0 Å². The highest BCUT2D eigenvalue weighted by molar-refractivity contribution is 5.89. The number of carbonyl (C=O) groups is 2. The zero-order chi connectivity index (χ0) is 22.9. The molecule has 0 fully saturated rings. The minimum Gasteiger partial charge on any atom is -0.354 e. The summed E-state index contributed by atoms with van der Waals surface area (Å²) in [5.41, 5.74) is 2.63. The zero-order valence-electron chi connectivity index (χ0n) is 18.5. The second-order valence-electron chi connectivity index (χ2n) is 8.09. The molecule has 0 aromatic heterocycles. The fourth-order valence-corrected chi connectivity index (χ4v) is 3.59. The molecule has 32 heavy (non-hydrogen) atoms. The number of halogens is 1. The van der Waals surface area contributed by atoms with E-state index >= 15 is 0 Å². The topological polar surface area (TPSA) is 49.4 Å². The Bertz CT molecular complexity index is 1000. The number of rotatable bonds is 9. The van der Waals surface area contributed by atoms with Gasteiger partial charge in [0.25, 0.3) is 0 Å². The zero-order valence-corrected chi connectivity index (χ0v) is 18.5. The highest BCUT2D eigenvalue weighted by atomic mass is 19.1. The monoisotopic (exact) mass is 432 g/mol. The average molecular weight is 433 g/mol. The molecule has 0 saturated heterocycles. The maximum Gasteiger partial charge on any atom is 0.247 e. The van der Waals surface area contributed by atoms with Crippen molar-refractivity contribution in [3.8, 4) is 0 Å². The highest BCUT2D eigenvalue weighted by Gasteiger charge is 2.32. The predicted octanol–water partition coefficient (Wildman–Crippen LogP) is 4.91. The van der Waals surface area contributed by atoms with E-state index in [9.17, 15) is 14.0 Å². The number of hydrogen-bond donors (Lipinski definition) is 1. The number of hydrogen-bond acceptors (Lipinski definition) is 2. The van der Waals surface area contributed by atoms with E-state index in [0.29, 0.717) is 13.0 Å². The summed E-state index contributed by atoms with van der Waals surface area (Å²) in [5, 5.41) is 3.01. The van der Waals surface area contributed by atoms with E-state index in [2.05, 4.69) is 5.32 Å². The minimum atomic E-state index is -0.785. The first kappa shape index (κ1) is 23.2. The second kappa shape index (κ2) is 11.2. The van der Waals surface area contributed by atoms with Gasteiger partial charge in [-0.3, -0.25) is 9.59 Å². The Morgan fingerprint density at radius 2 is 1.44 bits per heavy atom. The van der Waals surface area contributed by atoms with Crippen molar-refractivity contribution in [3.05, 3.63) is 107 Å². The van der Waals surface area contributed by atoms with Gasteiger partial charge in [0.15, 0.2) is 0 Å². The number of amides is 2. The van der Waals surface area contributed by atoms with Crippen LogP contribution in [0.1, 0.15) is 36.6 Å². The standard InChI is InChI=1S/C27H29FN2O2/c1-20(2)27(32)30(19-22-13-15-24(28)16-14-22)25(23-11-7-4-8-12-23)26(31)29-18-17-21-9-5-3-6-10-21/h3-16,20,25H,17-19H2,1-2H3,(H,29,31)/t25-/m0/s1. The Balaban J connectivity index is 1.86. The molecule has 5 heteroatoms. The van der Waals surface area contributed by atoms with Crippen LogP contribution in [-0.2, 0) is 22.6 Å². The molecule has 0 aliphatic heterocycles. The van der Waals surface area contributed by atoms with Crippen LogP contribution < -0.4 is 5.32 Å². The van der Waals surface area contributed by atoms with Gasteiger partial charge in [-0.25, -0.2) is 4.39 Å². The summed E-state index contributed by atoms with van der Waals surface area (Å²) in [7, 11) is 0. The lowest BCUT2D eigenvalue weighted by Crippen LogP contribution is -2.45. The van der Waals surface area contributed by atoms with Crippen molar-refractivity contribution in [1.82, 2.24) is 10.2 Å². The molecule has 3 aromatic carbocycles. The van der Waals surface area contributed by atoms with Crippen LogP contribution in [0.2, 0.25) is 0 Å². The van der Waals surface area contributed by atoms with Crippen LogP contribution in [0.4, 0.5) is 4.39 Å². The van der Waals surface area contributed by atoms with Gasteiger partial charge in [-0.2, -0.15) is 0 Å². The van der Waals surface area contributed by atoms with Crippen LogP contribution in [0.15, 0.2) is 84.9 Å². The molecular weight excluding hydrogens is 403 g/mol. The molecule has 1 N–H and O–H groups in total. The molecule has 166 valence electrons. The van der Waals surface area contributed by atoms with E-state index in [1.165, 1.54) is 12.1 Å². The average Bonchev–Trinajstić information content (AvgIpc) is 2.81. The van der Waals surface area contributed by atoms with Gasteiger partial charge in [-0.05, 0) is 35.2 Å². The first-order valence-electron chi connectivity index (χ1n) is 10.9. The molecule has 4 nitrogen and oxygen atoms in total. The van der Waals surface area contributed by atoms with Crippen molar-refractivity contribution in [2.24, 2.45) is 5.92 Å². The fourth-order valence-electron chi connectivity index (χ4n) is 3.59. The van der Waals surface area contributed by atoms with E-state index in [4.69, 9.17) is 0 Å². The summed E-state index contributed by atoms with van der Waals surface area (Å²) in [4.78, 5) is 28.2. The quantitative estimate of drug-likeness (QED) is 0.522. The number of benzene rings is 3. The van der Waals surface area contributed by atoms with Gasteiger partial charge in [-0.15, -0.1) is 0 Å². The molecule has 0 unspecified atom stereocenters. The van der Waals surface area contributed by atoms with Crippen LogP contribution in [0.25, 0.3) is 0 Å². The normalized spacial score (nSPS) is 11.8. The third-order valence-corrected chi connectivity index (χ3v) is 5.27. The van der Waals surface area contributed by atoms with E-state index < -0.39 is 6.04 Å². The van der Waals surface area contributed by atoms with Gasteiger partial charge in [0.05, 0.1) is 0 Å². The van der Waals surface area contributed by atoms with Gasteiger partial charge in [0.2, 0.25) is 11.8 Å². The number of nitrogens with one attached hydrogen (secondary N) is 1. The molecule has 0 radical (unpaired) electrons. The van der Waals surface area contributed by atoms with Crippen molar-refractivity contribution in [1.29, 1.82) is 0 Å². The Morgan fingerprint density at radius 3 is 2.03 bits per heavy atom. The molecular formula is C27H29FN2O2. The summed E-state index contributed by atoms with van der Waals surface area (Å²) < 4.78 is 13.4.